The van der Waals surface area contributed by atoms with Gasteiger partial charge in [-0.3, -0.25) is 0 Å². The highest BCUT2D eigenvalue weighted by Gasteiger charge is 2.40. The molecule has 176 valence electrons. The van der Waals surface area contributed by atoms with Crippen LogP contribution in [0.25, 0.3) is 4.85 Å². The lowest BCUT2D eigenvalue weighted by Gasteiger charge is -2.31. The van der Waals surface area contributed by atoms with E-state index in [1.807, 2.05) is 0 Å². The summed E-state index contributed by atoms with van der Waals surface area (Å²) in [4.78, 5) is 20.4. The van der Waals surface area contributed by atoms with Gasteiger partial charge in [-0.05, 0) is 32.0 Å². The highest BCUT2D eigenvalue weighted by atomic mass is 19.4. The number of nitrogens with zero attached hydrogens (tertiary/aromatic N) is 3. The molecule has 0 bridgehead atoms. The number of rotatable bonds is 7. The molecule has 2 heterocycles. The van der Waals surface area contributed by atoms with E-state index in [0.29, 0.717) is 16.9 Å². The van der Waals surface area contributed by atoms with Gasteiger partial charge in [-0.1, -0.05) is 6.07 Å². The standard InChI is InChI=1S/C23H19F3N4O4/c1-4-32-21-20-16(7-8-29-21)30-13(2)18(22(31)33-10-9-28-3)19(20)15-6-5-14(12-27)11-17(15)34-23(24,25)26/h5-8,11,19,30H,4,9-10H2,1-2H3. The van der Waals surface area contributed by atoms with Crippen molar-refractivity contribution in [3.05, 3.63) is 69.8 Å². The van der Waals surface area contributed by atoms with Crippen molar-refractivity contribution in [2.75, 3.05) is 25.1 Å². The van der Waals surface area contributed by atoms with E-state index in [1.165, 1.54) is 18.3 Å². The molecule has 0 saturated carbocycles. The first kappa shape index (κ1) is 24.4. The van der Waals surface area contributed by atoms with Gasteiger partial charge in [0.25, 0.3) is 0 Å². The van der Waals surface area contributed by atoms with E-state index in [1.54, 1.807) is 26.0 Å². The Morgan fingerprint density at radius 1 is 1.35 bits per heavy atom. The Hall–Kier alpha value is -4.25. The van der Waals surface area contributed by atoms with Gasteiger partial charge in [0.05, 0.1) is 35.3 Å². The van der Waals surface area contributed by atoms with Crippen LogP contribution >= 0.6 is 0 Å². The Balaban J connectivity index is 2.28. The number of fused-ring (bicyclic) bond motifs is 1. The fraction of sp³-hybridized carbons (Fsp3) is 0.304. The van der Waals surface area contributed by atoms with Crippen molar-refractivity contribution in [3.8, 4) is 17.7 Å². The molecule has 0 amide bonds. The van der Waals surface area contributed by atoms with Crippen LogP contribution in [0.1, 0.15) is 36.5 Å². The van der Waals surface area contributed by atoms with Crippen molar-refractivity contribution in [3.63, 3.8) is 0 Å². The monoisotopic (exact) mass is 472 g/mol. The third kappa shape index (κ3) is 5.21. The molecule has 1 atom stereocenters. The number of halogens is 3. The third-order valence-corrected chi connectivity index (χ3v) is 4.87. The number of carbonyl (C=O) groups excluding carboxylic acids is 1. The first-order valence-corrected chi connectivity index (χ1v) is 10.1. The molecule has 0 saturated heterocycles. The zero-order valence-corrected chi connectivity index (χ0v) is 18.2. The molecule has 1 aromatic carbocycles. The van der Waals surface area contributed by atoms with Gasteiger partial charge in [0, 0.05) is 23.1 Å². The van der Waals surface area contributed by atoms with Gasteiger partial charge in [-0.15, -0.1) is 13.2 Å². The van der Waals surface area contributed by atoms with Gasteiger partial charge in [0.1, 0.15) is 5.75 Å². The SMILES string of the molecule is [C-]#[N+]CCOC(=O)C1=C(C)Nc2ccnc(OCC)c2C1c1ccc(C#N)cc1OC(F)(F)F. The van der Waals surface area contributed by atoms with Crippen LogP contribution in [-0.4, -0.2) is 37.1 Å². The largest absolute Gasteiger partial charge is 0.573 e. The van der Waals surface area contributed by atoms with E-state index in [-0.39, 0.29) is 42.3 Å². The molecular weight excluding hydrogens is 453 g/mol. The lowest BCUT2D eigenvalue weighted by Crippen LogP contribution is -2.27. The molecular formula is C23H19F3N4O4. The second kappa shape index (κ2) is 10.1. The maximum absolute atomic E-state index is 13.3. The number of ether oxygens (including phenoxy) is 3. The van der Waals surface area contributed by atoms with Gasteiger partial charge in [-0.25, -0.2) is 16.4 Å². The summed E-state index contributed by atoms with van der Waals surface area (Å²) in [7, 11) is 0. The average Bonchev–Trinajstić information content (AvgIpc) is 2.77. The molecule has 34 heavy (non-hydrogen) atoms. The number of hydrogen-bond donors (Lipinski definition) is 1. The molecule has 1 aromatic heterocycles. The number of esters is 1. The topological polar surface area (TPSA) is 97.8 Å². The number of aromatic nitrogens is 1. The smallest absolute Gasteiger partial charge is 0.478 e. The number of benzene rings is 1. The Morgan fingerprint density at radius 2 is 2.12 bits per heavy atom. The van der Waals surface area contributed by atoms with Gasteiger partial charge in [0.2, 0.25) is 12.4 Å². The number of nitriles is 1. The summed E-state index contributed by atoms with van der Waals surface area (Å²) in [6, 6.07) is 6.96. The number of allylic oxidation sites excluding steroid dienone is 1. The van der Waals surface area contributed by atoms with Crippen LogP contribution in [0.2, 0.25) is 0 Å². The minimum absolute atomic E-state index is 0.00293. The molecule has 0 spiro atoms. The van der Waals surface area contributed by atoms with E-state index in [9.17, 15) is 23.2 Å². The summed E-state index contributed by atoms with van der Waals surface area (Å²) in [5.74, 6) is -2.48. The Kier molecular flexibility index (Phi) is 7.27. The first-order valence-electron chi connectivity index (χ1n) is 10.1. The van der Waals surface area contributed by atoms with Crippen molar-refractivity contribution >= 4 is 11.7 Å². The van der Waals surface area contributed by atoms with Gasteiger partial charge in [0.15, 0.2) is 6.61 Å². The minimum atomic E-state index is -5.05. The maximum Gasteiger partial charge on any atom is 0.573 e. The van der Waals surface area contributed by atoms with Gasteiger partial charge in [-0.2, -0.15) is 5.26 Å². The van der Waals surface area contributed by atoms with Crippen molar-refractivity contribution in [1.29, 1.82) is 5.26 Å². The summed E-state index contributed by atoms with van der Waals surface area (Å²) in [6.07, 6.45) is -3.59. The summed E-state index contributed by atoms with van der Waals surface area (Å²) in [5, 5.41) is 12.3. The molecule has 0 aliphatic carbocycles. The van der Waals surface area contributed by atoms with E-state index >= 15 is 0 Å². The molecule has 11 heteroatoms. The number of alkyl halides is 3. The fourth-order valence-electron chi connectivity index (χ4n) is 3.62. The van der Waals surface area contributed by atoms with Gasteiger partial charge >= 0.3 is 12.3 Å². The highest BCUT2D eigenvalue weighted by Crippen LogP contribution is 2.48. The van der Waals surface area contributed by atoms with Crippen molar-refractivity contribution in [2.45, 2.75) is 26.1 Å². The second-order valence-electron chi connectivity index (χ2n) is 7.04. The van der Waals surface area contributed by atoms with Crippen LogP contribution in [-0.2, 0) is 9.53 Å². The predicted molar refractivity (Wildman–Crippen MR) is 114 cm³/mol. The first-order chi connectivity index (χ1) is 16.2. The normalized spacial score (nSPS) is 14.9. The van der Waals surface area contributed by atoms with E-state index in [4.69, 9.17) is 16.0 Å². The number of pyridine rings is 1. The molecule has 0 fully saturated rings. The Labute approximate surface area is 193 Å². The number of nitrogens with one attached hydrogen (secondary N) is 1. The van der Waals surface area contributed by atoms with Crippen molar-refractivity contribution in [1.82, 2.24) is 4.98 Å². The molecule has 0 radical (unpaired) electrons. The van der Waals surface area contributed by atoms with Crippen LogP contribution in [0.4, 0.5) is 18.9 Å². The summed E-state index contributed by atoms with van der Waals surface area (Å²) in [6.45, 7) is 10.1. The average molecular weight is 472 g/mol. The zero-order valence-electron chi connectivity index (χ0n) is 18.2. The van der Waals surface area contributed by atoms with Crippen LogP contribution in [0.5, 0.6) is 11.6 Å². The number of anilines is 1. The zero-order chi connectivity index (χ0) is 24.9. The Morgan fingerprint density at radius 3 is 2.76 bits per heavy atom. The van der Waals surface area contributed by atoms with Crippen molar-refractivity contribution in [2.24, 2.45) is 0 Å². The second-order valence-corrected chi connectivity index (χ2v) is 7.04. The van der Waals surface area contributed by atoms with Gasteiger partial charge < -0.3 is 24.4 Å². The van der Waals surface area contributed by atoms with Crippen LogP contribution in [0.15, 0.2) is 41.7 Å². The van der Waals surface area contributed by atoms with E-state index < -0.39 is 24.0 Å². The summed E-state index contributed by atoms with van der Waals surface area (Å²) < 4.78 is 54.9. The third-order valence-electron chi connectivity index (χ3n) is 4.87. The molecule has 1 aliphatic heterocycles. The van der Waals surface area contributed by atoms with E-state index in [0.717, 1.165) is 6.07 Å². The maximum atomic E-state index is 13.3. The van der Waals surface area contributed by atoms with Crippen LogP contribution in [0, 0.1) is 17.9 Å². The summed E-state index contributed by atoms with van der Waals surface area (Å²) >= 11 is 0. The Bertz CT molecular complexity index is 1210. The summed E-state index contributed by atoms with van der Waals surface area (Å²) in [5.41, 5.74) is 1.02. The molecule has 1 unspecified atom stereocenters. The lowest BCUT2D eigenvalue weighted by molar-refractivity contribution is -0.274. The predicted octanol–water partition coefficient (Wildman–Crippen LogP) is 4.54. The molecule has 8 nitrogen and oxygen atoms in total. The van der Waals surface area contributed by atoms with Crippen LogP contribution < -0.4 is 14.8 Å². The lowest BCUT2D eigenvalue weighted by atomic mass is 9.80. The quantitative estimate of drug-likeness (QED) is 0.359. The fourth-order valence-corrected chi connectivity index (χ4v) is 3.62. The molecule has 2 aromatic rings. The molecule has 1 N–H and O–H groups in total. The molecule has 1 aliphatic rings. The highest BCUT2D eigenvalue weighted by molar-refractivity contribution is 5.95. The van der Waals surface area contributed by atoms with E-state index in [2.05, 4.69) is 19.9 Å². The molecule has 3 rings (SSSR count). The van der Waals surface area contributed by atoms with Crippen molar-refractivity contribution < 1.29 is 32.2 Å². The minimum Gasteiger partial charge on any atom is -0.478 e. The number of carbonyl (C=O) groups is 1. The van der Waals surface area contributed by atoms with Crippen LogP contribution in [0.3, 0.4) is 0 Å². The number of hydrogen-bond acceptors (Lipinski definition) is 7.